The van der Waals surface area contributed by atoms with Crippen LogP contribution in [0.5, 0.6) is 0 Å². The van der Waals surface area contributed by atoms with Gasteiger partial charge in [0.05, 0.1) is 5.75 Å². The van der Waals surface area contributed by atoms with E-state index in [2.05, 4.69) is 5.32 Å². The van der Waals surface area contributed by atoms with Crippen LogP contribution >= 0.6 is 46.6 Å². The number of hydrogen-bond donors (Lipinski definition) is 1. The fraction of sp³-hybridized carbons (Fsp3) is 0.440. The summed E-state index contributed by atoms with van der Waals surface area (Å²) in [5.74, 6) is 0.703. The van der Waals surface area contributed by atoms with Gasteiger partial charge in [-0.2, -0.15) is 0 Å². The number of hydrogen-bond acceptors (Lipinski definition) is 3. The van der Waals surface area contributed by atoms with E-state index in [1.54, 1.807) is 23.1 Å². The summed E-state index contributed by atoms with van der Waals surface area (Å²) in [5, 5.41) is 4.80. The number of benzene rings is 2. The predicted octanol–water partition coefficient (Wildman–Crippen LogP) is 6.75. The maximum Gasteiger partial charge on any atom is 0.243 e. The molecule has 33 heavy (non-hydrogen) atoms. The van der Waals surface area contributed by atoms with Crippen molar-refractivity contribution in [2.75, 3.05) is 5.75 Å². The van der Waals surface area contributed by atoms with Crippen LogP contribution in [-0.2, 0) is 21.9 Å². The van der Waals surface area contributed by atoms with E-state index in [1.165, 1.54) is 11.8 Å². The largest absolute Gasteiger partial charge is 0.352 e. The van der Waals surface area contributed by atoms with Gasteiger partial charge >= 0.3 is 0 Å². The smallest absolute Gasteiger partial charge is 0.243 e. The van der Waals surface area contributed by atoms with Crippen LogP contribution in [0.2, 0.25) is 15.1 Å². The minimum absolute atomic E-state index is 0.108. The molecular formula is C25H29Cl3N2O2S. The Hall–Kier alpha value is -1.40. The van der Waals surface area contributed by atoms with Gasteiger partial charge in [0, 0.05) is 39.0 Å². The van der Waals surface area contributed by atoms with Crippen LogP contribution in [0, 0.1) is 0 Å². The SMILES string of the molecule is CC[C@@H](C(=O)NC1CCCC1)N(Cc1c(Cl)cccc1Cl)C(=O)CSCc1ccc(Cl)cc1. The standard InChI is InChI=1S/C25H29Cl3N2O2S/c1-2-23(25(32)29-19-6-3-4-7-19)30(14-20-21(27)8-5-9-22(20)28)24(31)16-33-15-17-10-12-18(26)13-11-17/h5,8-13,19,23H,2-4,6-7,14-16H2,1H3,(H,29,32)/t23-/m0/s1. The van der Waals surface area contributed by atoms with Gasteiger partial charge in [0.25, 0.3) is 0 Å². The number of rotatable bonds is 10. The first-order valence-electron chi connectivity index (χ1n) is 11.2. The lowest BCUT2D eigenvalue weighted by Gasteiger charge is -2.32. The van der Waals surface area contributed by atoms with Crippen LogP contribution < -0.4 is 5.32 Å². The van der Waals surface area contributed by atoms with Gasteiger partial charge in [-0.05, 0) is 49.1 Å². The second-order valence-electron chi connectivity index (χ2n) is 8.26. The third kappa shape index (κ3) is 7.54. The normalized spacial score (nSPS) is 14.8. The van der Waals surface area contributed by atoms with E-state index >= 15 is 0 Å². The Morgan fingerprint density at radius 3 is 2.30 bits per heavy atom. The van der Waals surface area contributed by atoms with Gasteiger partial charge in [-0.1, -0.05) is 72.8 Å². The zero-order chi connectivity index (χ0) is 23.8. The molecule has 1 saturated carbocycles. The quantitative estimate of drug-likeness (QED) is 0.372. The van der Waals surface area contributed by atoms with Crippen molar-refractivity contribution in [1.82, 2.24) is 10.2 Å². The molecule has 2 amide bonds. The summed E-state index contributed by atoms with van der Waals surface area (Å²) in [5.41, 5.74) is 1.74. The maximum absolute atomic E-state index is 13.4. The molecule has 178 valence electrons. The van der Waals surface area contributed by atoms with E-state index in [9.17, 15) is 9.59 Å². The van der Waals surface area contributed by atoms with Crippen molar-refractivity contribution < 1.29 is 9.59 Å². The first-order chi connectivity index (χ1) is 15.9. The summed E-state index contributed by atoms with van der Waals surface area (Å²) in [7, 11) is 0. The average molecular weight is 528 g/mol. The second-order valence-corrected chi connectivity index (χ2v) is 10.5. The maximum atomic E-state index is 13.4. The minimum Gasteiger partial charge on any atom is -0.352 e. The molecule has 0 saturated heterocycles. The molecule has 0 aromatic heterocycles. The number of nitrogens with zero attached hydrogens (tertiary/aromatic N) is 1. The van der Waals surface area contributed by atoms with Crippen molar-refractivity contribution in [3.63, 3.8) is 0 Å². The molecule has 1 aliphatic carbocycles. The Kier molecular flexibility index (Phi) is 10.2. The molecule has 8 heteroatoms. The Morgan fingerprint density at radius 1 is 1.06 bits per heavy atom. The van der Waals surface area contributed by atoms with Crippen molar-refractivity contribution in [1.29, 1.82) is 0 Å². The van der Waals surface area contributed by atoms with Gasteiger partial charge < -0.3 is 10.2 Å². The summed E-state index contributed by atoms with van der Waals surface area (Å²) in [4.78, 5) is 28.2. The van der Waals surface area contributed by atoms with E-state index in [1.807, 2.05) is 31.2 Å². The van der Waals surface area contributed by atoms with Gasteiger partial charge in [-0.15, -0.1) is 11.8 Å². The first-order valence-corrected chi connectivity index (χ1v) is 13.5. The highest BCUT2D eigenvalue weighted by atomic mass is 35.5. The zero-order valence-electron chi connectivity index (χ0n) is 18.7. The number of amides is 2. The Labute approximate surface area is 215 Å². The lowest BCUT2D eigenvalue weighted by Crippen LogP contribution is -2.51. The molecule has 1 aliphatic rings. The summed E-state index contributed by atoms with van der Waals surface area (Å²) >= 11 is 20.3. The molecule has 2 aromatic carbocycles. The van der Waals surface area contributed by atoms with E-state index in [4.69, 9.17) is 34.8 Å². The van der Waals surface area contributed by atoms with E-state index < -0.39 is 6.04 Å². The summed E-state index contributed by atoms with van der Waals surface area (Å²) in [6, 6.07) is 12.5. The summed E-state index contributed by atoms with van der Waals surface area (Å²) in [6.07, 6.45) is 4.74. The first kappa shape index (κ1) is 26.2. The molecule has 3 rings (SSSR count). The molecule has 1 N–H and O–H groups in total. The molecule has 4 nitrogen and oxygen atoms in total. The molecule has 0 spiro atoms. The van der Waals surface area contributed by atoms with E-state index in [0.717, 1.165) is 31.2 Å². The Bertz CT molecular complexity index is 929. The lowest BCUT2D eigenvalue weighted by atomic mass is 10.1. The molecule has 0 unspecified atom stereocenters. The van der Waals surface area contributed by atoms with Crippen LogP contribution in [0.1, 0.15) is 50.2 Å². The average Bonchev–Trinajstić information content (AvgIpc) is 3.30. The van der Waals surface area contributed by atoms with Crippen molar-refractivity contribution >= 4 is 58.4 Å². The second kappa shape index (κ2) is 12.9. The lowest BCUT2D eigenvalue weighted by molar-refractivity contribution is -0.139. The van der Waals surface area contributed by atoms with Crippen molar-refractivity contribution in [3.05, 3.63) is 68.7 Å². The molecular weight excluding hydrogens is 499 g/mol. The molecule has 0 heterocycles. The molecule has 1 fully saturated rings. The Balaban J connectivity index is 1.74. The fourth-order valence-electron chi connectivity index (χ4n) is 4.06. The molecule has 1 atom stereocenters. The summed E-state index contributed by atoms with van der Waals surface area (Å²) < 4.78 is 0. The van der Waals surface area contributed by atoms with Crippen LogP contribution in [0.4, 0.5) is 0 Å². The monoisotopic (exact) mass is 526 g/mol. The third-order valence-corrected chi connectivity index (χ3v) is 7.83. The van der Waals surface area contributed by atoms with E-state index in [0.29, 0.717) is 32.8 Å². The van der Waals surface area contributed by atoms with Gasteiger partial charge in [0.2, 0.25) is 11.8 Å². The van der Waals surface area contributed by atoms with Crippen LogP contribution in [0.15, 0.2) is 42.5 Å². The van der Waals surface area contributed by atoms with Crippen LogP contribution in [0.3, 0.4) is 0 Å². The number of carbonyl (C=O) groups excluding carboxylic acids is 2. The number of nitrogens with one attached hydrogen (secondary N) is 1. The third-order valence-electron chi connectivity index (χ3n) is 5.89. The highest BCUT2D eigenvalue weighted by molar-refractivity contribution is 7.99. The topological polar surface area (TPSA) is 49.4 Å². The summed E-state index contributed by atoms with van der Waals surface area (Å²) in [6.45, 7) is 2.11. The van der Waals surface area contributed by atoms with Crippen molar-refractivity contribution in [3.8, 4) is 0 Å². The van der Waals surface area contributed by atoms with Gasteiger partial charge in [-0.3, -0.25) is 9.59 Å². The predicted molar refractivity (Wildman–Crippen MR) is 139 cm³/mol. The number of halogens is 3. The van der Waals surface area contributed by atoms with Crippen LogP contribution in [-0.4, -0.2) is 34.6 Å². The van der Waals surface area contributed by atoms with E-state index in [-0.39, 0.29) is 30.2 Å². The van der Waals surface area contributed by atoms with Gasteiger partial charge in [0.1, 0.15) is 6.04 Å². The van der Waals surface area contributed by atoms with Gasteiger partial charge in [0.15, 0.2) is 0 Å². The zero-order valence-corrected chi connectivity index (χ0v) is 21.7. The Morgan fingerprint density at radius 2 is 1.70 bits per heavy atom. The van der Waals surface area contributed by atoms with Crippen LogP contribution in [0.25, 0.3) is 0 Å². The fourth-order valence-corrected chi connectivity index (χ4v) is 5.57. The highest BCUT2D eigenvalue weighted by Gasteiger charge is 2.31. The van der Waals surface area contributed by atoms with Crippen molar-refractivity contribution in [2.24, 2.45) is 0 Å². The molecule has 0 bridgehead atoms. The molecule has 0 aliphatic heterocycles. The van der Waals surface area contributed by atoms with Crippen molar-refractivity contribution in [2.45, 2.75) is 63.4 Å². The molecule has 0 radical (unpaired) electrons. The minimum atomic E-state index is -0.582. The molecule has 2 aromatic rings. The van der Waals surface area contributed by atoms with Gasteiger partial charge in [-0.25, -0.2) is 0 Å². The number of carbonyl (C=O) groups is 2. The highest BCUT2D eigenvalue weighted by Crippen LogP contribution is 2.28. The number of thioether (sulfide) groups is 1.